The second kappa shape index (κ2) is 8.10. The number of carbonyl (C=O) groups excluding carboxylic acids is 1. The highest BCUT2D eigenvalue weighted by Crippen LogP contribution is 2.33. The van der Waals surface area contributed by atoms with Crippen molar-refractivity contribution in [2.45, 2.75) is 45.1 Å². The van der Waals surface area contributed by atoms with Gasteiger partial charge in [-0.25, -0.2) is 0 Å². The molecule has 0 N–H and O–H groups in total. The molecule has 2 saturated heterocycles. The summed E-state index contributed by atoms with van der Waals surface area (Å²) in [6, 6.07) is 19.1. The van der Waals surface area contributed by atoms with Crippen LogP contribution in [0.3, 0.4) is 0 Å². The van der Waals surface area contributed by atoms with E-state index in [4.69, 9.17) is 0 Å². The Morgan fingerprint density at radius 1 is 0.862 bits per heavy atom. The van der Waals surface area contributed by atoms with Crippen LogP contribution in [0.15, 0.2) is 54.6 Å². The number of piperazine rings is 1. The third-order valence-electron chi connectivity index (χ3n) is 6.27. The third-order valence-corrected chi connectivity index (χ3v) is 6.27. The lowest BCUT2D eigenvalue weighted by Gasteiger charge is -2.40. The molecule has 1 amide bonds. The fourth-order valence-electron chi connectivity index (χ4n) is 4.71. The average Bonchev–Trinajstić information content (AvgIpc) is 3.23. The zero-order valence-corrected chi connectivity index (χ0v) is 18.0. The molecule has 0 unspecified atom stereocenters. The lowest BCUT2D eigenvalue weighted by atomic mass is 9.85. The maximum atomic E-state index is 13.3. The van der Waals surface area contributed by atoms with Crippen LogP contribution < -0.4 is 9.80 Å². The molecule has 4 nitrogen and oxygen atoms in total. The zero-order valence-electron chi connectivity index (χ0n) is 18.0. The first-order chi connectivity index (χ1) is 13.9. The number of amides is 1. The van der Waals surface area contributed by atoms with Crippen molar-refractivity contribution in [3.63, 3.8) is 0 Å². The Balaban J connectivity index is 1.43. The summed E-state index contributed by atoms with van der Waals surface area (Å²) in [6.07, 6.45) is 2.05. The van der Waals surface area contributed by atoms with Crippen molar-refractivity contribution in [3.8, 4) is 0 Å². The standard InChI is InChI=1S/C25H33N3O/c1-25(2,3)21-12-7-8-13-22(21)26-16-18-27(19-17-26)24(29)23-14-9-15-28(23)20-10-5-4-6-11-20/h4-8,10-13,23H,9,14-19H2,1-3H3/t23-/m0/s1. The predicted octanol–water partition coefficient (Wildman–Crippen LogP) is 4.30. The second-order valence-electron chi connectivity index (χ2n) is 9.27. The molecule has 4 rings (SSSR count). The van der Waals surface area contributed by atoms with Crippen molar-refractivity contribution in [2.24, 2.45) is 0 Å². The van der Waals surface area contributed by atoms with Gasteiger partial charge in [-0.15, -0.1) is 0 Å². The van der Waals surface area contributed by atoms with E-state index >= 15 is 0 Å². The summed E-state index contributed by atoms with van der Waals surface area (Å²) < 4.78 is 0. The van der Waals surface area contributed by atoms with Crippen LogP contribution in [0.2, 0.25) is 0 Å². The van der Waals surface area contributed by atoms with Crippen LogP contribution in [-0.2, 0) is 10.2 Å². The molecule has 0 saturated carbocycles. The molecule has 0 bridgehead atoms. The van der Waals surface area contributed by atoms with Crippen molar-refractivity contribution >= 4 is 17.3 Å². The molecule has 0 aromatic heterocycles. The highest BCUT2D eigenvalue weighted by atomic mass is 16.2. The molecule has 1 atom stereocenters. The van der Waals surface area contributed by atoms with Gasteiger partial charge in [0.2, 0.25) is 5.91 Å². The number of carbonyl (C=O) groups is 1. The smallest absolute Gasteiger partial charge is 0.245 e. The van der Waals surface area contributed by atoms with Gasteiger partial charge < -0.3 is 14.7 Å². The van der Waals surface area contributed by atoms with E-state index in [1.807, 2.05) is 6.07 Å². The first-order valence-corrected chi connectivity index (χ1v) is 10.9. The number of benzene rings is 2. The van der Waals surface area contributed by atoms with Crippen molar-refractivity contribution in [2.75, 3.05) is 42.5 Å². The molecule has 2 heterocycles. The number of nitrogens with zero attached hydrogens (tertiary/aromatic N) is 3. The number of hydrogen-bond acceptors (Lipinski definition) is 3. The summed E-state index contributed by atoms with van der Waals surface area (Å²) in [5.41, 5.74) is 3.98. The SMILES string of the molecule is CC(C)(C)c1ccccc1N1CCN(C(=O)[C@@H]2CCCN2c2ccccc2)CC1. The molecule has 29 heavy (non-hydrogen) atoms. The molecule has 0 aliphatic carbocycles. The summed E-state index contributed by atoms with van der Waals surface area (Å²) in [5, 5.41) is 0. The number of anilines is 2. The fourth-order valence-corrected chi connectivity index (χ4v) is 4.71. The van der Waals surface area contributed by atoms with E-state index in [1.54, 1.807) is 0 Å². The van der Waals surface area contributed by atoms with Crippen LogP contribution in [0.1, 0.15) is 39.2 Å². The largest absolute Gasteiger partial charge is 0.368 e. The van der Waals surface area contributed by atoms with Gasteiger partial charge in [-0.05, 0) is 42.0 Å². The van der Waals surface area contributed by atoms with E-state index in [2.05, 4.69) is 84.0 Å². The Morgan fingerprint density at radius 2 is 1.52 bits per heavy atom. The summed E-state index contributed by atoms with van der Waals surface area (Å²) in [6.45, 7) is 11.2. The Kier molecular flexibility index (Phi) is 5.53. The lowest BCUT2D eigenvalue weighted by Crippen LogP contribution is -2.54. The Morgan fingerprint density at radius 3 is 2.21 bits per heavy atom. The first-order valence-electron chi connectivity index (χ1n) is 10.9. The van der Waals surface area contributed by atoms with Crippen LogP contribution in [0, 0.1) is 0 Å². The van der Waals surface area contributed by atoms with Crippen LogP contribution in [0.5, 0.6) is 0 Å². The van der Waals surface area contributed by atoms with Gasteiger partial charge >= 0.3 is 0 Å². The minimum absolute atomic E-state index is 0.00851. The second-order valence-corrected chi connectivity index (χ2v) is 9.27. The molecule has 2 aromatic rings. The molecule has 2 aromatic carbocycles. The molecule has 4 heteroatoms. The van der Waals surface area contributed by atoms with Crippen molar-refractivity contribution < 1.29 is 4.79 Å². The maximum absolute atomic E-state index is 13.3. The van der Waals surface area contributed by atoms with Crippen LogP contribution in [0.25, 0.3) is 0 Å². The van der Waals surface area contributed by atoms with Crippen molar-refractivity contribution in [3.05, 3.63) is 60.2 Å². The average molecular weight is 392 g/mol. The van der Waals surface area contributed by atoms with Gasteiger partial charge in [0.1, 0.15) is 6.04 Å². The minimum Gasteiger partial charge on any atom is -0.368 e. The van der Waals surface area contributed by atoms with E-state index in [0.29, 0.717) is 5.91 Å². The van der Waals surface area contributed by atoms with Crippen LogP contribution in [0.4, 0.5) is 11.4 Å². The number of para-hydroxylation sites is 2. The van der Waals surface area contributed by atoms with Crippen molar-refractivity contribution in [1.29, 1.82) is 0 Å². The lowest BCUT2D eigenvalue weighted by molar-refractivity contribution is -0.132. The van der Waals surface area contributed by atoms with Crippen molar-refractivity contribution in [1.82, 2.24) is 4.90 Å². The van der Waals surface area contributed by atoms with Gasteiger partial charge in [0.25, 0.3) is 0 Å². The van der Waals surface area contributed by atoms with E-state index in [0.717, 1.165) is 45.6 Å². The van der Waals surface area contributed by atoms with E-state index < -0.39 is 0 Å². The quantitative estimate of drug-likeness (QED) is 0.780. The fraction of sp³-hybridized carbons (Fsp3) is 0.480. The monoisotopic (exact) mass is 391 g/mol. The summed E-state index contributed by atoms with van der Waals surface area (Å²) in [4.78, 5) is 20.2. The molecule has 2 fully saturated rings. The number of hydrogen-bond donors (Lipinski definition) is 0. The zero-order chi connectivity index (χ0) is 20.4. The summed E-state index contributed by atoms with van der Waals surface area (Å²) >= 11 is 0. The summed E-state index contributed by atoms with van der Waals surface area (Å²) in [7, 11) is 0. The van der Waals surface area contributed by atoms with Gasteiger partial charge in [0.15, 0.2) is 0 Å². The van der Waals surface area contributed by atoms with Crippen LogP contribution in [-0.4, -0.2) is 49.6 Å². The molecule has 0 radical (unpaired) electrons. The van der Waals surface area contributed by atoms with Gasteiger partial charge in [0.05, 0.1) is 0 Å². The van der Waals surface area contributed by atoms with Gasteiger partial charge in [-0.2, -0.15) is 0 Å². The highest BCUT2D eigenvalue weighted by Gasteiger charge is 2.35. The molecular formula is C25H33N3O. The van der Waals surface area contributed by atoms with E-state index in [-0.39, 0.29) is 11.5 Å². The molecule has 2 aliphatic heterocycles. The highest BCUT2D eigenvalue weighted by molar-refractivity contribution is 5.86. The minimum atomic E-state index is -0.00851. The third kappa shape index (κ3) is 4.12. The Bertz CT molecular complexity index is 835. The number of rotatable bonds is 3. The van der Waals surface area contributed by atoms with Gasteiger partial charge in [-0.1, -0.05) is 57.2 Å². The molecule has 2 aliphatic rings. The Hall–Kier alpha value is -2.49. The van der Waals surface area contributed by atoms with E-state index in [9.17, 15) is 4.79 Å². The normalized spacial score (nSPS) is 20.2. The Labute approximate surface area is 175 Å². The predicted molar refractivity (Wildman–Crippen MR) is 121 cm³/mol. The summed E-state index contributed by atoms with van der Waals surface area (Å²) in [5.74, 6) is 0.301. The first kappa shape index (κ1) is 19.8. The maximum Gasteiger partial charge on any atom is 0.245 e. The van der Waals surface area contributed by atoms with Crippen LogP contribution >= 0.6 is 0 Å². The molecule has 154 valence electrons. The molecular weight excluding hydrogens is 358 g/mol. The van der Waals surface area contributed by atoms with E-state index in [1.165, 1.54) is 16.9 Å². The van der Waals surface area contributed by atoms with Gasteiger partial charge in [0, 0.05) is 44.1 Å². The topological polar surface area (TPSA) is 26.8 Å². The molecule has 0 spiro atoms. The van der Waals surface area contributed by atoms with Gasteiger partial charge in [-0.3, -0.25) is 4.79 Å².